The molecule has 116 valence electrons. The van der Waals surface area contributed by atoms with Crippen LogP contribution in [0.5, 0.6) is 0 Å². The number of aryl methyl sites for hydroxylation is 3. The Morgan fingerprint density at radius 2 is 2.09 bits per heavy atom. The number of benzene rings is 1. The van der Waals surface area contributed by atoms with Crippen molar-refractivity contribution in [2.24, 2.45) is 7.05 Å². The van der Waals surface area contributed by atoms with Crippen molar-refractivity contribution in [3.05, 3.63) is 51.3 Å². The summed E-state index contributed by atoms with van der Waals surface area (Å²) in [6.45, 7) is 3.76. The van der Waals surface area contributed by atoms with Crippen LogP contribution in [0.1, 0.15) is 16.8 Å². The standard InChI is InChI=1S/C14H17N5O3/c1-9-6-10(2)13(19(21)22)7-12(9)17-14(20)15-8-11-4-5-16-18(11)3/h4-7H,8H2,1-3H3,(H2,15,17,20). The minimum absolute atomic E-state index is 0.0208. The molecule has 1 aromatic carbocycles. The number of nitrogens with zero attached hydrogens (tertiary/aromatic N) is 3. The van der Waals surface area contributed by atoms with E-state index in [2.05, 4.69) is 15.7 Å². The van der Waals surface area contributed by atoms with E-state index in [0.29, 0.717) is 17.8 Å². The number of hydrogen-bond acceptors (Lipinski definition) is 4. The van der Waals surface area contributed by atoms with Gasteiger partial charge in [0.1, 0.15) is 0 Å². The maximum atomic E-state index is 11.9. The van der Waals surface area contributed by atoms with Crippen molar-refractivity contribution in [1.29, 1.82) is 0 Å². The van der Waals surface area contributed by atoms with Crippen molar-refractivity contribution in [2.45, 2.75) is 20.4 Å². The average molecular weight is 303 g/mol. The maximum absolute atomic E-state index is 11.9. The number of nitro groups is 1. The Kier molecular flexibility index (Phi) is 4.40. The molecule has 22 heavy (non-hydrogen) atoms. The number of urea groups is 1. The molecule has 0 spiro atoms. The highest BCUT2D eigenvalue weighted by Gasteiger charge is 2.15. The van der Waals surface area contributed by atoms with Crippen LogP contribution >= 0.6 is 0 Å². The summed E-state index contributed by atoms with van der Waals surface area (Å²) in [6.07, 6.45) is 1.64. The fourth-order valence-electron chi connectivity index (χ4n) is 2.08. The summed E-state index contributed by atoms with van der Waals surface area (Å²) < 4.78 is 1.66. The van der Waals surface area contributed by atoms with Gasteiger partial charge in [0.25, 0.3) is 5.69 Å². The summed E-state index contributed by atoms with van der Waals surface area (Å²) in [4.78, 5) is 22.4. The second-order valence-electron chi connectivity index (χ2n) is 4.96. The highest BCUT2D eigenvalue weighted by molar-refractivity contribution is 5.90. The Bertz CT molecular complexity index is 723. The minimum atomic E-state index is -0.465. The number of nitro benzene ring substituents is 1. The van der Waals surface area contributed by atoms with Crippen molar-refractivity contribution < 1.29 is 9.72 Å². The monoisotopic (exact) mass is 303 g/mol. The lowest BCUT2D eigenvalue weighted by atomic mass is 10.1. The predicted molar refractivity (Wildman–Crippen MR) is 81.6 cm³/mol. The fraction of sp³-hybridized carbons (Fsp3) is 0.286. The van der Waals surface area contributed by atoms with Crippen LogP contribution in [-0.4, -0.2) is 20.7 Å². The van der Waals surface area contributed by atoms with Gasteiger partial charge in [0, 0.05) is 24.9 Å². The molecular weight excluding hydrogens is 286 g/mol. The smallest absolute Gasteiger partial charge is 0.319 e. The zero-order valence-electron chi connectivity index (χ0n) is 12.6. The molecule has 8 nitrogen and oxygen atoms in total. The van der Waals surface area contributed by atoms with Crippen molar-refractivity contribution in [2.75, 3.05) is 5.32 Å². The fourth-order valence-corrected chi connectivity index (χ4v) is 2.08. The number of rotatable bonds is 4. The van der Waals surface area contributed by atoms with E-state index in [-0.39, 0.29) is 5.69 Å². The average Bonchev–Trinajstić information content (AvgIpc) is 2.84. The van der Waals surface area contributed by atoms with Crippen LogP contribution in [0.4, 0.5) is 16.2 Å². The first-order valence-electron chi connectivity index (χ1n) is 6.66. The van der Waals surface area contributed by atoms with Gasteiger partial charge < -0.3 is 10.6 Å². The van der Waals surface area contributed by atoms with Crippen LogP contribution in [-0.2, 0) is 13.6 Å². The third-order valence-corrected chi connectivity index (χ3v) is 3.34. The van der Waals surface area contributed by atoms with E-state index < -0.39 is 11.0 Å². The molecule has 0 saturated carbocycles. The summed E-state index contributed by atoms with van der Waals surface area (Å²) >= 11 is 0. The van der Waals surface area contributed by atoms with E-state index in [1.54, 1.807) is 43.9 Å². The summed E-state index contributed by atoms with van der Waals surface area (Å²) in [5.41, 5.74) is 2.57. The largest absolute Gasteiger partial charge is 0.332 e. The van der Waals surface area contributed by atoms with Gasteiger partial charge >= 0.3 is 6.03 Å². The zero-order chi connectivity index (χ0) is 16.3. The van der Waals surface area contributed by atoms with E-state index >= 15 is 0 Å². The number of hydrogen-bond donors (Lipinski definition) is 2. The Labute approximate surface area is 127 Å². The molecule has 8 heteroatoms. The SMILES string of the molecule is Cc1cc(C)c([N+](=O)[O-])cc1NC(=O)NCc1ccnn1C. The van der Waals surface area contributed by atoms with Gasteiger partial charge in [-0.25, -0.2) is 4.79 Å². The van der Waals surface area contributed by atoms with Crippen LogP contribution in [0.2, 0.25) is 0 Å². The lowest BCUT2D eigenvalue weighted by Gasteiger charge is -2.11. The zero-order valence-corrected chi connectivity index (χ0v) is 12.6. The molecule has 0 aliphatic heterocycles. The van der Waals surface area contributed by atoms with Crippen molar-refractivity contribution in [1.82, 2.24) is 15.1 Å². The molecular formula is C14H17N5O3. The second kappa shape index (κ2) is 6.25. The van der Waals surface area contributed by atoms with Crippen LogP contribution in [0.3, 0.4) is 0 Å². The molecule has 0 radical (unpaired) electrons. The number of anilines is 1. The predicted octanol–water partition coefficient (Wildman–Crippen LogP) is 2.27. The van der Waals surface area contributed by atoms with Crippen LogP contribution in [0, 0.1) is 24.0 Å². The Balaban J connectivity index is 2.06. The highest BCUT2D eigenvalue weighted by atomic mass is 16.6. The van der Waals surface area contributed by atoms with Gasteiger partial charge in [0.2, 0.25) is 0 Å². The molecule has 1 heterocycles. The highest BCUT2D eigenvalue weighted by Crippen LogP contribution is 2.26. The van der Waals surface area contributed by atoms with Gasteiger partial charge in [-0.2, -0.15) is 5.10 Å². The molecule has 2 rings (SSSR count). The van der Waals surface area contributed by atoms with Crippen molar-refractivity contribution in [3.8, 4) is 0 Å². The lowest BCUT2D eigenvalue weighted by molar-refractivity contribution is -0.385. The quantitative estimate of drug-likeness (QED) is 0.668. The van der Waals surface area contributed by atoms with Gasteiger partial charge in [0.15, 0.2) is 0 Å². The number of nitrogens with one attached hydrogen (secondary N) is 2. The third kappa shape index (κ3) is 3.40. The topological polar surface area (TPSA) is 102 Å². The summed E-state index contributed by atoms with van der Waals surface area (Å²) in [5.74, 6) is 0. The van der Waals surface area contributed by atoms with E-state index in [9.17, 15) is 14.9 Å². The first-order chi connectivity index (χ1) is 10.4. The summed E-state index contributed by atoms with van der Waals surface area (Å²) in [7, 11) is 1.78. The molecule has 2 aromatic rings. The van der Waals surface area contributed by atoms with E-state index in [1.165, 1.54) is 6.07 Å². The van der Waals surface area contributed by atoms with Gasteiger partial charge in [-0.05, 0) is 31.5 Å². The molecule has 2 amide bonds. The number of carbonyl (C=O) groups excluding carboxylic acids is 1. The Morgan fingerprint density at radius 3 is 2.68 bits per heavy atom. The number of amides is 2. The van der Waals surface area contributed by atoms with Gasteiger partial charge in [-0.15, -0.1) is 0 Å². The van der Waals surface area contributed by atoms with Gasteiger partial charge in [-0.1, -0.05) is 0 Å². The molecule has 0 aliphatic rings. The van der Waals surface area contributed by atoms with E-state index in [0.717, 1.165) is 11.3 Å². The number of aromatic nitrogens is 2. The molecule has 0 atom stereocenters. The summed E-state index contributed by atoms with van der Waals surface area (Å²) in [5, 5.41) is 20.3. The van der Waals surface area contributed by atoms with Crippen LogP contribution < -0.4 is 10.6 Å². The first-order valence-corrected chi connectivity index (χ1v) is 6.66. The minimum Gasteiger partial charge on any atom is -0.332 e. The van der Waals surface area contributed by atoms with Crippen LogP contribution in [0.25, 0.3) is 0 Å². The molecule has 0 fully saturated rings. The molecule has 0 unspecified atom stereocenters. The lowest BCUT2D eigenvalue weighted by Crippen LogP contribution is -2.29. The normalized spacial score (nSPS) is 10.3. The van der Waals surface area contributed by atoms with Crippen molar-refractivity contribution in [3.63, 3.8) is 0 Å². The van der Waals surface area contributed by atoms with E-state index in [4.69, 9.17) is 0 Å². The first kappa shape index (κ1) is 15.5. The number of carbonyl (C=O) groups is 1. The Hall–Kier alpha value is -2.90. The second-order valence-corrected chi connectivity index (χ2v) is 4.96. The Morgan fingerprint density at radius 1 is 1.36 bits per heavy atom. The molecule has 0 aliphatic carbocycles. The molecule has 1 aromatic heterocycles. The summed E-state index contributed by atoms with van der Waals surface area (Å²) in [6, 6.07) is 4.41. The third-order valence-electron chi connectivity index (χ3n) is 3.34. The molecule has 0 saturated heterocycles. The van der Waals surface area contributed by atoms with Gasteiger partial charge in [0.05, 0.1) is 22.8 Å². The van der Waals surface area contributed by atoms with Gasteiger partial charge in [-0.3, -0.25) is 14.8 Å². The van der Waals surface area contributed by atoms with Crippen LogP contribution in [0.15, 0.2) is 24.4 Å². The molecule has 0 bridgehead atoms. The van der Waals surface area contributed by atoms with E-state index in [1.807, 2.05) is 0 Å². The van der Waals surface area contributed by atoms with Crippen molar-refractivity contribution >= 4 is 17.4 Å². The maximum Gasteiger partial charge on any atom is 0.319 e. The molecule has 2 N–H and O–H groups in total.